The van der Waals surface area contributed by atoms with Gasteiger partial charge in [-0.1, -0.05) is 0 Å². The van der Waals surface area contributed by atoms with Crippen molar-refractivity contribution >= 4 is 31.9 Å². The molecule has 1 aromatic carbocycles. The van der Waals surface area contributed by atoms with Gasteiger partial charge in [0.1, 0.15) is 5.75 Å². The summed E-state index contributed by atoms with van der Waals surface area (Å²) in [7, 11) is 1.81. The number of hydrogen-bond acceptors (Lipinski definition) is 3. The molecule has 1 aromatic rings. The normalized spacial score (nSPS) is 16.8. The van der Waals surface area contributed by atoms with E-state index in [1.54, 1.807) is 0 Å². The van der Waals surface area contributed by atoms with Crippen LogP contribution in [0.4, 0.5) is 0 Å². The minimum atomic E-state index is 0.0692. The van der Waals surface area contributed by atoms with Gasteiger partial charge in [-0.15, -0.1) is 0 Å². The Balaban J connectivity index is 1.93. The first-order chi connectivity index (χ1) is 9.60. The van der Waals surface area contributed by atoms with Crippen molar-refractivity contribution in [1.29, 1.82) is 0 Å². The van der Waals surface area contributed by atoms with Crippen LogP contribution in [-0.2, 0) is 11.3 Å². The summed E-state index contributed by atoms with van der Waals surface area (Å²) in [6.45, 7) is 4.38. The monoisotopic (exact) mass is 405 g/mol. The van der Waals surface area contributed by atoms with Crippen LogP contribution in [0, 0.1) is 0 Å². The molecule has 1 aliphatic rings. The summed E-state index contributed by atoms with van der Waals surface area (Å²) in [6.07, 6.45) is 3.59. The van der Waals surface area contributed by atoms with E-state index in [0.717, 1.165) is 40.6 Å². The van der Waals surface area contributed by atoms with E-state index in [-0.39, 0.29) is 5.60 Å². The predicted octanol–water partition coefficient (Wildman–Crippen LogP) is 4.27. The maximum Gasteiger partial charge on any atom is 0.147 e. The van der Waals surface area contributed by atoms with Gasteiger partial charge in [0.05, 0.1) is 21.2 Å². The lowest BCUT2D eigenvalue weighted by atomic mass is 9.80. The van der Waals surface area contributed by atoms with Crippen molar-refractivity contribution in [2.24, 2.45) is 0 Å². The van der Waals surface area contributed by atoms with E-state index in [9.17, 15) is 0 Å². The summed E-state index contributed by atoms with van der Waals surface area (Å²) in [5.74, 6) is 0.864. The van der Waals surface area contributed by atoms with Crippen molar-refractivity contribution in [1.82, 2.24) is 5.32 Å². The molecule has 5 heteroatoms. The van der Waals surface area contributed by atoms with E-state index in [0.29, 0.717) is 6.61 Å². The molecule has 0 aromatic heterocycles. The minimum absolute atomic E-state index is 0.0692. The highest BCUT2D eigenvalue weighted by molar-refractivity contribution is 9.11. The quantitative estimate of drug-likeness (QED) is 0.733. The van der Waals surface area contributed by atoms with Crippen molar-refractivity contribution in [2.75, 3.05) is 20.3 Å². The first-order valence-electron chi connectivity index (χ1n) is 6.97. The average Bonchev–Trinajstić information content (AvgIpc) is 2.37. The zero-order valence-corrected chi connectivity index (χ0v) is 15.1. The number of benzene rings is 1. The number of ether oxygens (including phenoxy) is 2. The largest absolute Gasteiger partial charge is 0.492 e. The maximum atomic E-state index is 5.61. The zero-order chi connectivity index (χ0) is 14.6. The summed E-state index contributed by atoms with van der Waals surface area (Å²) in [5, 5.41) is 3.49. The summed E-state index contributed by atoms with van der Waals surface area (Å²) in [4.78, 5) is 0. The molecule has 112 valence electrons. The van der Waals surface area contributed by atoms with Crippen LogP contribution in [-0.4, -0.2) is 25.9 Å². The molecule has 0 bridgehead atoms. The number of rotatable bonds is 7. The first kappa shape index (κ1) is 16.3. The third-order valence-electron chi connectivity index (χ3n) is 3.82. The second-order valence-electron chi connectivity index (χ2n) is 5.17. The highest BCUT2D eigenvalue weighted by atomic mass is 79.9. The summed E-state index contributed by atoms with van der Waals surface area (Å²) in [6, 6.07) is 4.20. The molecule has 1 saturated carbocycles. The van der Waals surface area contributed by atoms with Gasteiger partial charge in [-0.3, -0.25) is 0 Å². The lowest BCUT2D eigenvalue weighted by Crippen LogP contribution is -2.47. The number of nitrogens with one attached hydrogen (secondary N) is 1. The first-order valence-corrected chi connectivity index (χ1v) is 8.55. The zero-order valence-electron chi connectivity index (χ0n) is 12.0. The van der Waals surface area contributed by atoms with Crippen molar-refractivity contribution in [3.8, 4) is 5.75 Å². The fraction of sp³-hybridized carbons (Fsp3) is 0.600. The molecule has 1 N–H and O–H groups in total. The van der Waals surface area contributed by atoms with Gasteiger partial charge in [-0.25, -0.2) is 0 Å². The van der Waals surface area contributed by atoms with Crippen LogP contribution in [0.3, 0.4) is 0 Å². The van der Waals surface area contributed by atoms with E-state index >= 15 is 0 Å². The van der Waals surface area contributed by atoms with Gasteiger partial charge in [-0.05, 0) is 75.7 Å². The third kappa shape index (κ3) is 3.75. The highest BCUT2D eigenvalue weighted by Crippen LogP contribution is 2.36. The van der Waals surface area contributed by atoms with Crippen molar-refractivity contribution in [3.63, 3.8) is 0 Å². The SMILES string of the molecule is CCOc1c(Br)cc(CNCC2(OC)CCC2)cc1Br. The molecule has 1 fully saturated rings. The lowest BCUT2D eigenvalue weighted by molar-refractivity contribution is -0.0695. The Kier molecular flexibility index (Phi) is 5.90. The molecule has 0 aliphatic heterocycles. The molecule has 2 rings (SSSR count). The lowest BCUT2D eigenvalue weighted by Gasteiger charge is -2.40. The number of halogens is 2. The van der Waals surface area contributed by atoms with Crippen LogP contribution >= 0.6 is 31.9 Å². The molecule has 0 amide bonds. The fourth-order valence-electron chi connectivity index (χ4n) is 2.46. The van der Waals surface area contributed by atoms with Gasteiger partial charge in [0.15, 0.2) is 0 Å². The van der Waals surface area contributed by atoms with Crippen molar-refractivity contribution in [3.05, 3.63) is 26.6 Å². The van der Waals surface area contributed by atoms with E-state index in [1.807, 2.05) is 14.0 Å². The molecule has 1 aliphatic carbocycles. The molecule has 0 atom stereocenters. The van der Waals surface area contributed by atoms with Crippen LogP contribution in [0.1, 0.15) is 31.7 Å². The topological polar surface area (TPSA) is 30.5 Å². The molecule has 20 heavy (non-hydrogen) atoms. The molecule has 0 unspecified atom stereocenters. The van der Waals surface area contributed by atoms with E-state index in [1.165, 1.54) is 12.0 Å². The Morgan fingerprint density at radius 2 is 1.90 bits per heavy atom. The average molecular weight is 407 g/mol. The van der Waals surface area contributed by atoms with Gasteiger partial charge in [0, 0.05) is 20.2 Å². The summed E-state index contributed by atoms with van der Waals surface area (Å²) < 4.78 is 13.2. The van der Waals surface area contributed by atoms with E-state index < -0.39 is 0 Å². The Morgan fingerprint density at radius 3 is 2.35 bits per heavy atom. The minimum Gasteiger partial charge on any atom is -0.492 e. The van der Waals surface area contributed by atoms with Gasteiger partial charge < -0.3 is 14.8 Å². The van der Waals surface area contributed by atoms with Gasteiger partial charge in [0.2, 0.25) is 0 Å². The molecular formula is C15H21Br2NO2. The molecule has 0 spiro atoms. The Hall–Kier alpha value is -0.100. The van der Waals surface area contributed by atoms with Crippen LogP contribution < -0.4 is 10.1 Å². The molecule has 0 heterocycles. The van der Waals surface area contributed by atoms with Gasteiger partial charge >= 0.3 is 0 Å². The Bertz CT molecular complexity index is 433. The smallest absolute Gasteiger partial charge is 0.147 e. The third-order valence-corrected chi connectivity index (χ3v) is 5.00. The van der Waals surface area contributed by atoms with Gasteiger partial charge in [0.25, 0.3) is 0 Å². The second kappa shape index (κ2) is 7.25. The Morgan fingerprint density at radius 1 is 1.25 bits per heavy atom. The van der Waals surface area contributed by atoms with Gasteiger partial charge in [-0.2, -0.15) is 0 Å². The van der Waals surface area contributed by atoms with E-state index in [4.69, 9.17) is 9.47 Å². The maximum absolute atomic E-state index is 5.61. The number of hydrogen-bond donors (Lipinski definition) is 1. The van der Waals surface area contributed by atoms with Crippen LogP contribution in [0.5, 0.6) is 5.75 Å². The van der Waals surface area contributed by atoms with Crippen molar-refractivity contribution < 1.29 is 9.47 Å². The predicted molar refractivity (Wildman–Crippen MR) is 88.3 cm³/mol. The van der Waals surface area contributed by atoms with Crippen LogP contribution in [0.15, 0.2) is 21.1 Å². The van der Waals surface area contributed by atoms with E-state index in [2.05, 4.69) is 49.3 Å². The summed E-state index contributed by atoms with van der Waals surface area (Å²) >= 11 is 7.12. The number of methoxy groups -OCH3 is 1. The molecule has 0 radical (unpaired) electrons. The molecule has 3 nitrogen and oxygen atoms in total. The van der Waals surface area contributed by atoms with Crippen molar-refractivity contribution in [2.45, 2.75) is 38.3 Å². The summed E-state index contributed by atoms with van der Waals surface area (Å²) in [5.41, 5.74) is 1.29. The van der Waals surface area contributed by atoms with Crippen LogP contribution in [0.2, 0.25) is 0 Å². The Labute approximate surface area is 137 Å². The molecule has 0 saturated heterocycles. The standard InChI is InChI=1S/C15H21Br2NO2/c1-3-20-14-12(16)7-11(8-13(14)17)9-18-10-15(19-2)5-4-6-15/h7-8,18H,3-6,9-10H2,1-2H3. The fourth-order valence-corrected chi connectivity index (χ4v) is 3.97. The molecular weight excluding hydrogens is 386 g/mol. The second-order valence-corrected chi connectivity index (χ2v) is 6.87. The van der Waals surface area contributed by atoms with Crippen LogP contribution in [0.25, 0.3) is 0 Å². The highest BCUT2D eigenvalue weighted by Gasteiger charge is 2.36.